The average Bonchev–Trinajstić information content (AvgIpc) is 2.20. The van der Waals surface area contributed by atoms with Crippen LogP contribution < -0.4 is 11.1 Å². The maximum Gasteiger partial charge on any atom is 0.412 e. The molecule has 0 bridgehead atoms. The number of amides is 1. The van der Waals surface area contributed by atoms with E-state index in [4.69, 9.17) is 22.1 Å². The van der Waals surface area contributed by atoms with Crippen LogP contribution in [0.1, 0.15) is 26.3 Å². The van der Waals surface area contributed by atoms with E-state index in [9.17, 15) is 4.79 Å². The lowest BCUT2D eigenvalue weighted by Gasteiger charge is -2.20. The van der Waals surface area contributed by atoms with E-state index in [1.54, 1.807) is 32.9 Å². The fourth-order valence-corrected chi connectivity index (χ4v) is 1.57. The Morgan fingerprint density at radius 3 is 2.67 bits per heavy atom. The highest BCUT2D eigenvalue weighted by Gasteiger charge is 2.17. The summed E-state index contributed by atoms with van der Waals surface area (Å²) in [6.45, 7) is 5.96. The first kappa shape index (κ1) is 14.8. The van der Waals surface area contributed by atoms with Crippen molar-refractivity contribution in [2.24, 2.45) is 5.73 Å². The minimum atomic E-state index is -0.536. The molecule has 0 atom stereocenters. The van der Waals surface area contributed by atoms with Crippen molar-refractivity contribution >= 4 is 23.4 Å². The molecule has 5 heteroatoms. The number of hydrogen-bond acceptors (Lipinski definition) is 3. The molecule has 4 nitrogen and oxygen atoms in total. The summed E-state index contributed by atoms with van der Waals surface area (Å²) in [6.07, 6.45) is 0.217. The molecule has 0 aliphatic heterocycles. The lowest BCUT2D eigenvalue weighted by molar-refractivity contribution is 0.0636. The lowest BCUT2D eigenvalue weighted by atomic mass is 10.1. The zero-order chi connectivity index (χ0) is 13.8. The molecule has 1 amide bonds. The van der Waals surface area contributed by atoms with Gasteiger partial charge in [-0.2, -0.15) is 0 Å². The van der Waals surface area contributed by atoms with Gasteiger partial charge >= 0.3 is 6.09 Å². The van der Waals surface area contributed by atoms with E-state index in [1.165, 1.54) is 0 Å². The van der Waals surface area contributed by atoms with Crippen molar-refractivity contribution in [1.29, 1.82) is 0 Å². The minimum Gasteiger partial charge on any atom is -0.444 e. The molecule has 0 saturated carbocycles. The van der Waals surface area contributed by atoms with E-state index in [0.29, 0.717) is 17.3 Å². The molecule has 0 aromatic heterocycles. The molecule has 0 aliphatic rings. The first-order chi connectivity index (χ1) is 8.31. The highest BCUT2D eigenvalue weighted by atomic mass is 35.5. The smallest absolute Gasteiger partial charge is 0.412 e. The molecule has 1 rings (SSSR count). The molecule has 18 heavy (non-hydrogen) atoms. The summed E-state index contributed by atoms with van der Waals surface area (Å²) in [6, 6.07) is 5.42. The number of ether oxygens (including phenoxy) is 1. The van der Waals surface area contributed by atoms with E-state index in [-0.39, 0.29) is 0 Å². The number of rotatable bonds is 3. The third-order valence-electron chi connectivity index (χ3n) is 2.10. The number of anilines is 1. The minimum absolute atomic E-state index is 0.474. The SMILES string of the molecule is CC(C)(C)OC(=O)Nc1cc(CCN)ccc1Cl. The molecule has 0 saturated heterocycles. The Hall–Kier alpha value is -1.26. The van der Waals surface area contributed by atoms with Gasteiger partial charge in [0, 0.05) is 0 Å². The molecule has 100 valence electrons. The number of benzene rings is 1. The van der Waals surface area contributed by atoms with Gasteiger partial charge in [0.1, 0.15) is 5.60 Å². The van der Waals surface area contributed by atoms with Crippen LogP contribution in [0.25, 0.3) is 0 Å². The van der Waals surface area contributed by atoms with Gasteiger partial charge in [-0.25, -0.2) is 4.79 Å². The summed E-state index contributed by atoms with van der Waals surface area (Å²) >= 11 is 6.01. The summed E-state index contributed by atoms with van der Waals surface area (Å²) in [5.41, 5.74) is 6.51. The Bertz CT molecular complexity index is 427. The molecule has 0 heterocycles. The molecule has 0 fully saturated rings. The lowest BCUT2D eigenvalue weighted by Crippen LogP contribution is -2.27. The van der Waals surface area contributed by atoms with Gasteiger partial charge in [0.25, 0.3) is 0 Å². The largest absolute Gasteiger partial charge is 0.444 e. The second-order valence-electron chi connectivity index (χ2n) is 4.98. The predicted octanol–water partition coefficient (Wildman–Crippen LogP) is 3.19. The van der Waals surface area contributed by atoms with Crippen molar-refractivity contribution in [1.82, 2.24) is 0 Å². The third-order valence-corrected chi connectivity index (χ3v) is 2.43. The zero-order valence-electron chi connectivity index (χ0n) is 10.9. The van der Waals surface area contributed by atoms with Crippen molar-refractivity contribution in [3.8, 4) is 0 Å². The molecule has 1 aromatic rings. The van der Waals surface area contributed by atoms with E-state index < -0.39 is 11.7 Å². The summed E-state index contributed by atoms with van der Waals surface area (Å²) in [5, 5.41) is 3.11. The van der Waals surface area contributed by atoms with Crippen molar-refractivity contribution in [3.63, 3.8) is 0 Å². The van der Waals surface area contributed by atoms with Crippen LogP contribution in [0, 0.1) is 0 Å². The van der Waals surface area contributed by atoms with E-state index in [1.807, 2.05) is 6.07 Å². The Labute approximate surface area is 112 Å². The Balaban J connectivity index is 2.77. The van der Waals surface area contributed by atoms with Gasteiger partial charge < -0.3 is 10.5 Å². The van der Waals surface area contributed by atoms with Gasteiger partial charge in [-0.1, -0.05) is 17.7 Å². The van der Waals surface area contributed by atoms with Gasteiger partial charge in [0.15, 0.2) is 0 Å². The van der Waals surface area contributed by atoms with E-state index in [2.05, 4.69) is 5.32 Å². The highest BCUT2D eigenvalue weighted by molar-refractivity contribution is 6.33. The molecular formula is C13H19ClN2O2. The number of nitrogens with one attached hydrogen (secondary N) is 1. The van der Waals surface area contributed by atoms with E-state index >= 15 is 0 Å². The summed E-state index contributed by atoms with van der Waals surface area (Å²) in [7, 11) is 0. The predicted molar refractivity (Wildman–Crippen MR) is 74.1 cm³/mol. The van der Waals surface area contributed by atoms with Gasteiger partial charge in [-0.15, -0.1) is 0 Å². The fraction of sp³-hybridized carbons (Fsp3) is 0.462. The first-order valence-electron chi connectivity index (χ1n) is 5.80. The highest BCUT2D eigenvalue weighted by Crippen LogP contribution is 2.24. The summed E-state index contributed by atoms with van der Waals surface area (Å²) < 4.78 is 5.16. The normalized spacial score (nSPS) is 11.2. The third kappa shape index (κ3) is 4.94. The quantitative estimate of drug-likeness (QED) is 0.887. The van der Waals surface area contributed by atoms with Crippen LogP contribution in [0.2, 0.25) is 5.02 Å². The number of carbonyl (C=O) groups excluding carboxylic acids is 1. The molecule has 0 radical (unpaired) electrons. The summed E-state index contributed by atoms with van der Waals surface area (Å²) in [5.74, 6) is 0. The number of hydrogen-bond donors (Lipinski definition) is 2. The summed E-state index contributed by atoms with van der Waals surface area (Å²) in [4.78, 5) is 11.6. The van der Waals surface area contributed by atoms with Crippen molar-refractivity contribution in [2.45, 2.75) is 32.8 Å². The average molecular weight is 271 g/mol. The van der Waals surface area contributed by atoms with Crippen LogP contribution in [-0.4, -0.2) is 18.2 Å². The van der Waals surface area contributed by atoms with Gasteiger partial charge in [-0.3, -0.25) is 5.32 Å². The monoisotopic (exact) mass is 270 g/mol. The van der Waals surface area contributed by atoms with Crippen LogP contribution in [0.15, 0.2) is 18.2 Å². The van der Waals surface area contributed by atoms with Crippen LogP contribution in [-0.2, 0) is 11.2 Å². The second kappa shape index (κ2) is 6.07. The molecule has 0 aliphatic carbocycles. The first-order valence-corrected chi connectivity index (χ1v) is 6.18. The molecule has 0 spiro atoms. The Kier molecular flexibility index (Phi) is 4.99. The standard InChI is InChI=1S/C13H19ClN2O2/c1-13(2,3)18-12(17)16-11-8-9(6-7-15)4-5-10(11)14/h4-5,8H,6-7,15H2,1-3H3,(H,16,17). The van der Waals surface area contributed by atoms with Crippen LogP contribution in [0.4, 0.5) is 10.5 Å². The van der Waals surface area contributed by atoms with Crippen molar-refractivity contribution in [2.75, 3.05) is 11.9 Å². The topological polar surface area (TPSA) is 64.3 Å². The van der Waals surface area contributed by atoms with Crippen LogP contribution >= 0.6 is 11.6 Å². The molecule has 0 unspecified atom stereocenters. The maximum atomic E-state index is 11.6. The number of nitrogens with two attached hydrogens (primary N) is 1. The van der Waals surface area contributed by atoms with Crippen molar-refractivity contribution < 1.29 is 9.53 Å². The maximum absolute atomic E-state index is 11.6. The Morgan fingerprint density at radius 2 is 2.11 bits per heavy atom. The molecular weight excluding hydrogens is 252 g/mol. The van der Waals surface area contributed by atoms with Crippen LogP contribution in [0.5, 0.6) is 0 Å². The second-order valence-corrected chi connectivity index (χ2v) is 5.39. The molecule has 3 N–H and O–H groups in total. The van der Waals surface area contributed by atoms with Crippen molar-refractivity contribution in [3.05, 3.63) is 28.8 Å². The van der Waals surface area contributed by atoms with E-state index in [0.717, 1.165) is 12.0 Å². The van der Waals surface area contributed by atoms with Gasteiger partial charge in [-0.05, 0) is 51.4 Å². The van der Waals surface area contributed by atoms with Gasteiger partial charge in [0.2, 0.25) is 0 Å². The van der Waals surface area contributed by atoms with Crippen LogP contribution in [0.3, 0.4) is 0 Å². The molecule has 1 aromatic carbocycles. The number of halogens is 1. The fourth-order valence-electron chi connectivity index (χ4n) is 1.40. The zero-order valence-corrected chi connectivity index (χ0v) is 11.7. The van der Waals surface area contributed by atoms with Gasteiger partial charge in [0.05, 0.1) is 10.7 Å². The Morgan fingerprint density at radius 1 is 1.44 bits per heavy atom. The number of carbonyl (C=O) groups is 1.